The number of halogens is 1. The Bertz CT molecular complexity index is 595. The topological polar surface area (TPSA) is 64.9 Å². The number of rotatable bonds is 2. The van der Waals surface area contributed by atoms with Crippen LogP contribution < -0.4 is 5.73 Å². The molecule has 1 saturated carbocycles. The van der Waals surface area contributed by atoms with E-state index in [2.05, 4.69) is 33.0 Å². The number of hydrogen-bond donors (Lipinski definition) is 1. The fraction of sp³-hybridized carbons (Fsp3) is 0.467. The van der Waals surface area contributed by atoms with Gasteiger partial charge < -0.3 is 10.3 Å². The summed E-state index contributed by atoms with van der Waals surface area (Å²) < 4.78 is 6.47. The molecule has 2 N–H and O–H groups in total. The van der Waals surface area contributed by atoms with Crippen molar-refractivity contribution in [3.63, 3.8) is 0 Å². The summed E-state index contributed by atoms with van der Waals surface area (Å²) in [5.41, 5.74) is 6.96. The zero-order valence-corrected chi connectivity index (χ0v) is 13.1. The van der Waals surface area contributed by atoms with Crippen molar-refractivity contribution >= 4 is 15.9 Å². The molecule has 4 nitrogen and oxygen atoms in total. The first kappa shape index (κ1) is 13.8. The van der Waals surface area contributed by atoms with E-state index in [0.717, 1.165) is 29.3 Å². The van der Waals surface area contributed by atoms with Gasteiger partial charge in [0.25, 0.3) is 0 Å². The average Bonchev–Trinajstić information content (AvgIpc) is 2.90. The molecule has 0 radical (unpaired) electrons. The van der Waals surface area contributed by atoms with Crippen molar-refractivity contribution in [1.82, 2.24) is 10.1 Å². The van der Waals surface area contributed by atoms with E-state index in [9.17, 15) is 0 Å². The van der Waals surface area contributed by atoms with E-state index in [-0.39, 0.29) is 0 Å². The highest BCUT2D eigenvalue weighted by Crippen LogP contribution is 2.37. The third kappa shape index (κ3) is 2.65. The Morgan fingerprint density at radius 3 is 2.80 bits per heavy atom. The standard InChI is InChI=1S/C15H18BrN3O/c1-10-3-2-8-15(17,9-10)14-18-13(19-20-14)11-4-6-12(16)7-5-11/h4-7,10H,2-3,8-9,17H2,1H3. The molecule has 2 atom stereocenters. The maximum atomic E-state index is 6.48. The molecule has 2 unspecified atom stereocenters. The van der Waals surface area contributed by atoms with Crippen LogP contribution in [0.2, 0.25) is 0 Å². The monoisotopic (exact) mass is 335 g/mol. The minimum absolute atomic E-state index is 0.460. The van der Waals surface area contributed by atoms with Crippen LogP contribution in [-0.2, 0) is 5.54 Å². The average molecular weight is 336 g/mol. The van der Waals surface area contributed by atoms with Crippen molar-refractivity contribution in [2.45, 2.75) is 38.1 Å². The van der Waals surface area contributed by atoms with Gasteiger partial charge in [-0.05, 0) is 43.0 Å². The number of aromatic nitrogens is 2. The summed E-state index contributed by atoms with van der Waals surface area (Å²) in [7, 11) is 0. The molecule has 0 saturated heterocycles. The number of hydrogen-bond acceptors (Lipinski definition) is 4. The highest BCUT2D eigenvalue weighted by molar-refractivity contribution is 9.10. The van der Waals surface area contributed by atoms with E-state index in [1.807, 2.05) is 24.3 Å². The van der Waals surface area contributed by atoms with E-state index >= 15 is 0 Å². The van der Waals surface area contributed by atoms with E-state index in [1.54, 1.807) is 0 Å². The van der Waals surface area contributed by atoms with E-state index in [4.69, 9.17) is 10.3 Å². The summed E-state index contributed by atoms with van der Waals surface area (Å²) in [6, 6.07) is 7.86. The van der Waals surface area contributed by atoms with Gasteiger partial charge in [0.15, 0.2) is 0 Å². The van der Waals surface area contributed by atoms with Gasteiger partial charge >= 0.3 is 0 Å². The summed E-state index contributed by atoms with van der Waals surface area (Å²) >= 11 is 3.42. The van der Waals surface area contributed by atoms with Crippen molar-refractivity contribution in [2.75, 3.05) is 0 Å². The maximum absolute atomic E-state index is 6.48. The summed E-state index contributed by atoms with van der Waals surface area (Å²) in [5, 5.41) is 4.08. The number of nitrogens with two attached hydrogens (primary N) is 1. The first-order valence-electron chi connectivity index (χ1n) is 6.96. The fourth-order valence-electron chi connectivity index (χ4n) is 2.93. The van der Waals surface area contributed by atoms with Crippen molar-refractivity contribution in [3.8, 4) is 11.4 Å². The molecule has 0 amide bonds. The molecular formula is C15H18BrN3O. The molecule has 20 heavy (non-hydrogen) atoms. The molecule has 2 aromatic rings. The fourth-order valence-corrected chi connectivity index (χ4v) is 3.19. The second kappa shape index (κ2) is 5.30. The molecule has 1 fully saturated rings. The summed E-state index contributed by atoms with van der Waals surface area (Å²) in [4.78, 5) is 4.52. The van der Waals surface area contributed by atoms with Crippen molar-refractivity contribution < 1.29 is 4.52 Å². The van der Waals surface area contributed by atoms with Gasteiger partial charge in [-0.25, -0.2) is 0 Å². The van der Waals surface area contributed by atoms with Crippen LogP contribution in [0.1, 0.15) is 38.5 Å². The summed E-state index contributed by atoms with van der Waals surface area (Å²) in [5.74, 6) is 1.79. The summed E-state index contributed by atoms with van der Waals surface area (Å²) in [6.45, 7) is 2.23. The highest BCUT2D eigenvalue weighted by Gasteiger charge is 2.37. The van der Waals surface area contributed by atoms with Gasteiger partial charge in [-0.15, -0.1) is 0 Å². The minimum atomic E-state index is -0.460. The third-order valence-electron chi connectivity index (χ3n) is 3.99. The molecule has 106 valence electrons. The lowest BCUT2D eigenvalue weighted by Gasteiger charge is -2.33. The normalized spacial score (nSPS) is 26.6. The van der Waals surface area contributed by atoms with Crippen LogP contribution in [0.4, 0.5) is 0 Å². The van der Waals surface area contributed by atoms with Crippen LogP contribution in [-0.4, -0.2) is 10.1 Å². The van der Waals surface area contributed by atoms with Crippen LogP contribution in [0.5, 0.6) is 0 Å². The predicted octanol–water partition coefficient (Wildman–Crippen LogP) is 3.86. The Morgan fingerprint density at radius 1 is 1.35 bits per heavy atom. The third-order valence-corrected chi connectivity index (χ3v) is 4.52. The van der Waals surface area contributed by atoms with Crippen molar-refractivity contribution in [3.05, 3.63) is 34.6 Å². The van der Waals surface area contributed by atoms with E-state index in [0.29, 0.717) is 17.6 Å². The largest absolute Gasteiger partial charge is 0.337 e. The Morgan fingerprint density at radius 2 is 2.10 bits per heavy atom. The first-order chi connectivity index (χ1) is 9.57. The van der Waals surface area contributed by atoms with E-state index < -0.39 is 5.54 Å². The quantitative estimate of drug-likeness (QED) is 0.904. The van der Waals surface area contributed by atoms with Crippen molar-refractivity contribution in [1.29, 1.82) is 0 Å². The lowest BCUT2D eigenvalue weighted by atomic mass is 9.77. The van der Waals surface area contributed by atoms with Gasteiger partial charge in [-0.3, -0.25) is 0 Å². The SMILES string of the molecule is CC1CCCC(N)(c2nc(-c3ccc(Br)cc3)no2)C1. The lowest BCUT2D eigenvalue weighted by molar-refractivity contribution is 0.183. The Labute approximate surface area is 126 Å². The van der Waals surface area contributed by atoms with Crippen LogP contribution in [0.15, 0.2) is 33.3 Å². The lowest BCUT2D eigenvalue weighted by Crippen LogP contribution is -2.41. The molecule has 1 aliphatic carbocycles. The molecule has 1 aromatic carbocycles. The predicted molar refractivity (Wildman–Crippen MR) is 80.9 cm³/mol. The second-order valence-corrected chi connectivity index (χ2v) is 6.70. The molecule has 1 aliphatic rings. The molecule has 3 rings (SSSR count). The molecule has 5 heteroatoms. The Hall–Kier alpha value is -1.20. The number of nitrogens with zero attached hydrogens (tertiary/aromatic N) is 2. The molecule has 0 bridgehead atoms. The number of benzene rings is 1. The van der Waals surface area contributed by atoms with Gasteiger partial charge in [-0.1, -0.05) is 40.9 Å². The first-order valence-corrected chi connectivity index (χ1v) is 7.75. The van der Waals surface area contributed by atoms with Gasteiger partial charge in [0, 0.05) is 10.0 Å². The molecular weight excluding hydrogens is 318 g/mol. The van der Waals surface area contributed by atoms with Crippen LogP contribution in [0, 0.1) is 5.92 Å². The van der Waals surface area contributed by atoms with Gasteiger partial charge in [0.2, 0.25) is 11.7 Å². The molecule has 0 spiro atoms. The maximum Gasteiger partial charge on any atom is 0.247 e. The van der Waals surface area contributed by atoms with Crippen LogP contribution in [0.3, 0.4) is 0 Å². The molecule has 1 heterocycles. The van der Waals surface area contributed by atoms with Crippen LogP contribution >= 0.6 is 15.9 Å². The zero-order valence-electron chi connectivity index (χ0n) is 11.5. The Kier molecular flexibility index (Phi) is 3.65. The van der Waals surface area contributed by atoms with Gasteiger partial charge in [0.1, 0.15) is 0 Å². The molecule has 1 aromatic heterocycles. The minimum Gasteiger partial charge on any atom is -0.337 e. The smallest absolute Gasteiger partial charge is 0.247 e. The highest BCUT2D eigenvalue weighted by atomic mass is 79.9. The van der Waals surface area contributed by atoms with E-state index in [1.165, 1.54) is 6.42 Å². The van der Waals surface area contributed by atoms with Crippen LogP contribution in [0.25, 0.3) is 11.4 Å². The van der Waals surface area contributed by atoms with Crippen molar-refractivity contribution in [2.24, 2.45) is 11.7 Å². The molecule has 0 aliphatic heterocycles. The van der Waals surface area contributed by atoms with Gasteiger partial charge in [-0.2, -0.15) is 4.98 Å². The zero-order chi connectivity index (χ0) is 14.2. The van der Waals surface area contributed by atoms with Gasteiger partial charge in [0.05, 0.1) is 5.54 Å². The summed E-state index contributed by atoms with van der Waals surface area (Å²) in [6.07, 6.45) is 4.18. The Balaban J connectivity index is 1.88. The second-order valence-electron chi connectivity index (χ2n) is 5.79.